The Kier molecular flexibility index (Phi) is 3.88. The molecule has 8 nitrogen and oxygen atoms in total. The highest BCUT2D eigenvalue weighted by atomic mass is 16.6. The van der Waals surface area contributed by atoms with Gasteiger partial charge in [0, 0.05) is 26.4 Å². The summed E-state index contributed by atoms with van der Waals surface area (Å²) in [5, 5.41) is 20.5. The summed E-state index contributed by atoms with van der Waals surface area (Å²) in [5.74, 6) is -0.431. The third-order valence-electron chi connectivity index (χ3n) is 3.00. The van der Waals surface area contributed by atoms with Gasteiger partial charge in [-0.05, 0) is 13.0 Å². The molecule has 0 saturated heterocycles. The summed E-state index contributed by atoms with van der Waals surface area (Å²) < 4.78 is 1.58. The monoisotopic (exact) mass is 289 g/mol. The SMILES string of the molecule is CNc1c(C(=O)Nc2cn(C)nc2C)cccc1[N+](=O)[O-]. The molecule has 0 aliphatic carbocycles. The first-order valence-corrected chi connectivity index (χ1v) is 6.20. The molecule has 0 fully saturated rings. The number of benzene rings is 1. The Morgan fingerprint density at radius 2 is 2.14 bits per heavy atom. The summed E-state index contributed by atoms with van der Waals surface area (Å²) >= 11 is 0. The van der Waals surface area contributed by atoms with Crippen LogP contribution in [0.3, 0.4) is 0 Å². The summed E-state index contributed by atoms with van der Waals surface area (Å²) in [6.45, 7) is 1.77. The molecule has 2 N–H and O–H groups in total. The average Bonchev–Trinajstić information content (AvgIpc) is 2.75. The second kappa shape index (κ2) is 5.61. The van der Waals surface area contributed by atoms with Crippen LogP contribution in [0.15, 0.2) is 24.4 Å². The predicted molar refractivity (Wildman–Crippen MR) is 78.5 cm³/mol. The van der Waals surface area contributed by atoms with E-state index in [1.54, 1.807) is 24.9 Å². The largest absolute Gasteiger partial charge is 0.382 e. The topological polar surface area (TPSA) is 102 Å². The Morgan fingerprint density at radius 1 is 1.43 bits per heavy atom. The number of nitrogens with one attached hydrogen (secondary N) is 2. The smallest absolute Gasteiger partial charge is 0.293 e. The van der Waals surface area contributed by atoms with Gasteiger partial charge in [-0.2, -0.15) is 5.10 Å². The number of nitro groups is 1. The number of amides is 1. The van der Waals surface area contributed by atoms with Crippen LogP contribution in [0.25, 0.3) is 0 Å². The molecule has 1 aromatic heterocycles. The Balaban J connectivity index is 2.37. The lowest BCUT2D eigenvalue weighted by Gasteiger charge is -2.09. The molecule has 0 atom stereocenters. The summed E-state index contributed by atoms with van der Waals surface area (Å²) in [7, 11) is 3.28. The van der Waals surface area contributed by atoms with E-state index in [0.717, 1.165) is 0 Å². The van der Waals surface area contributed by atoms with Crippen LogP contribution in [0.4, 0.5) is 17.1 Å². The first-order chi connectivity index (χ1) is 9.93. The molecule has 110 valence electrons. The fourth-order valence-corrected chi connectivity index (χ4v) is 2.06. The molecular weight excluding hydrogens is 274 g/mol. The molecule has 1 aromatic carbocycles. The van der Waals surface area contributed by atoms with E-state index in [1.807, 2.05) is 0 Å². The Labute approximate surface area is 120 Å². The highest BCUT2D eigenvalue weighted by Crippen LogP contribution is 2.28. The van der Waals surface area contributed by atoms with E-state index in [9.17, 15) is 14.9 Å². The van der Waals surface area contributed by atoms with Crippen molar-refractivity contribution in [3.63, 3.8) is 0 Å². The molecule has 0 aliphatic rings. The van der Waals surface area contributed by atoms with Crippen molar-refractivity contribution in [3.05, 3.63) is 45.8 Å². The van der Waals surface area contributed by atoms with Gasteiger partial charge in [-0.25, -0.2) is 0 Å². The minimum Gasteiger partial charge on any atom is -0.382 e. The molecule has 1 heterocycles. The van der Waals surface area contributed by atoms with Crippen molar-refractivity contribution in [1.82, 2.24) is 9.78 Å². The van der Waals surface area contributed by atoms with Crippen LogP contribution in [-0.4, -0.2) is 27.7 Å². The highest BCUT2D eigenvalue weighted by molar-refractivity contribution is 6.09. The third-order valence-corrected chi connectivity index (χ3v) is 3.00. The molecule has 0 unspecified atom stereocenters. The van der Waals surface area contributed by atoms with Crippen molar-refractivity contribution in [2.45, 2.75) is 6.92 Å². The van der Waals surface area contributed by atoms with E-state index >= 15 is 0 Å². The number of carbonyl (C=O) groups is 1. The van der Waals surface area contributed by atoms with Crippen LogP contribution in [0.5, 0.6) is 0 Å². The van der Waals surface area contributed by atoms with Gasteiger partial charge in [0.15, 0.2) is 0 Å². The number of hydrogen-bond donors (Lipinski definition) is 2. The van der Waals surface area contributed by atoms with E-state index in [-0.39, 0.29) is 16.9 Å². The molecule has 0 spiro atoms. The van der Waals surface area contributed by atoms with Crippen molar-refractivity contribution in [2.75, 3.05) is 17.7 Å². The van der Waals surface area contributed by atoms with Crippen LogP contribution >= 0.6 is 0 Å². The number of para-hydroxylation sites is 1. The molecule has 0 radical (unpaired) electrons. The lowest BCUT2D eigenvalue weighted by Crippen LogP contribution is -2.15. The first-order valence-electron chi connectivity index (χ1n) is 6.20. The quantitative estimate of drug-likeness (QED) is 0.661. The van der Waals surface area contributed by atoms with Gasteiger partial charge in [-0.1, -0.05) is 6.07 Å². The van der Waals surface area contributed by atoms with Gasteiger partial charge >= 0.3 is 0 Å². The van der Waals surface area contributed by atoms with Gasteiger partial charge in [0.2, 0.25) is 0 Å². The van der Waals surface area contributed by atoms with Crippen LogP contribution in [0, 0.1) is 17.0 Å². The van der Waals surface area contributed by atoms with E-state index in [0.29, 0.717) is 11.4 Å². The normalized spacial score (nSPS) is 10.2. The molecular formula is C13H15N5O3. The van der Waals surface area contributed by atoms with Gasteiger partial charge in [0.25, 0.3) is 11.6 Å². The number of nitro benzene ring substituents is 1. The summed E-state index contributed by atoms with van der Waals surface area (Å²) in [6, 6.07) is 4.35. The lowest BCUT2D eigenvalue weighted by atomic mass is 10.1. The van der Waals surface area contributed by atoms with Gasteiger partial charge < -0.3 is 10.6 Å². The van der Waals surface area contributed by atoms with Crippen molar-refractivity contribution in [3.8, 4) is 0 Å². The minimum atomic E-state index is -0.530. The summed E-state index contributed by atoms with van der Waals surface area (Å²) in [6.07, 6.45) is 1.67. The van der Waals surface area contributed by atoms with Crippen LogP contribution in [0.2, 0.25) is 0 Å². The second-order valence-corrected chi connectivity index (χ2v) is 4.46. The van der Waals surface area contributed by atoms with Gasteiger partial charge in [0.05, 0.1) is 21.9 Å². The van der Waals surface area contributed by atoms with Gasteiger partial charge in [-0.3, -0.25) is 19.6 Å². The van der Waals surface area contributed by atoms with Crippen molar-refractivity contribution < 1.29 is 9.72 Å². The van der Waals surface area contributed by atoms with E-state index < -0.39 is 10.8 Å². The zero-order valence-corrected chi connectivity index (χ0v) is 11.9. The predicted octanol–water partition coefficient (Wildman–Crippen LogP) is 1.93. The molecule has 1 amide bonds. The fourth-order valence-electron chi connectivity index (χ4n) is 2.06. The highest BCUT2D eigenvalue weighted by Gasteiger charge is 2.21. The lowest BCUT2D eigenvalue weighted by molar-refractivity contribution is -0.384. The third kappa shape index (κ3) is 2.83. The number of aryl methyl sites for hydroxylation is 2. The standard InChI is InChI=1S/C13H15N5O3/c1-8-10(7-17(3)16-8)15-13(19)9-5-4-6-11(18(20)21)12(9)14-2/h4-7,14H,1-3H3,(H,15,19). The van der Waals surface area contributed by atoms with Gasteiger partial charge in [-0.15, -0.1) is 0 Å². The van der Waals surface area contributed by atoms with E-state index in [2.05, 4.69) is 15.7 Å². The van der Waals surface area contributed by atoms with Gasteiger partial charge in [0.1, 0.15) is 5.69 Å². The Hall–Kier alpha value is -2.90. The number of rotatable bonds is 4. The first kappa shape index (κ1) is 14.5. The molecule has 0 bridgehead atoms. The number of carbonyl (C=O) groups excluding carboxylic acids is 1. The molecule has 2 aromatic rings. The van der Waals surface area contributed by atoms with Crippen LogP contribution in [-0.2, 0) is 7.05 Å². The average molecular weight is 289 g/mol. The maximum Gasteiger partial charge on any atom is 0.293 e. The molecule has 0 saturated carbocycles. The van der Waals surface area contributed by atoms with E-state index in [1.165, 1.54) is 25.2 Å². The van der Waals surface area contributed by atoms with Crippen LogP contribution in [0.1, 0.15) is 16.1 Å². The number of anilines is 2. The molecule has 0 aliphatic heterocycles. The molecule has 2 rings (SSSR count). The maximum atomic E-state index is 12.3. The number of hydrogen-bond acceptors (Lipinski definition) is 5. The van der Waals surface area contributed by atoms with E-state index in [4.69, 9.17) is 0 Å². The van der Waals surface area contributed by atoms with Crippen molar-refractivity contribution in [1.29, 1.82) is 0 Å². The number of aromatic nitrogens is 2. The summed E-state index contributed by atoms with van der Waals surface area (Å²) in [5.41, 5.74) is 1.47. The molecule has 8 heteroatoms. The van der Waals surface area contributed by atoms with Crippen LogP contribution < -0.4 is 10.6 Å². The summed E-state index contributed by atoms with van der Waals surface area (Å²) in [4.78, 5) is 22.8. The number of nitrogens with zero attached hydrogens (tertiary/aromatic N) is 3. The Bertz CT molecular complexity index is 708. The fraction of sp³-hybridized carbons (Fsp3) is 0.231. The molecule has 21 heavy (non-hydrogen) atoms. The minimum absolute atomic E-state index is 0.145. The zero-order valence-electron chi connectivity index (χ0n) is 11.9. The van der Waals surface area contributed by atoms with Crippen molar-refractivity contribution >= 4 is 23.0 Å². The zero-order chi connectivity index (χ0) is 15.6. The Morgan fingerprint density at radius 3 is 2.67 bits per heavy atom. The maximum absolute atomic E-state index is 12.3. The second-order valence-electron chi connectivity index (χ2n) is 4.46. The van der Waals surface area contributed by atoms with Crippen molar-refractivity contribution in [2.24, 2.45) is 7.05 Å².